The van der Waals surface area contributed by atoms with Crippen LogP contribution in [0, 0.1) is 10.8 Å². The molecule has 0 radical (unpaired) electrons. The fourth-order valence-corrected chi connectivity index (χ4v) is 2.30. The molecule has 0 fully saturated rings. The van der Waals surface area contributed by atoms with Gasteiger partial charge in [-0.2, -0.15) is 0 Å². The van der Waals surface area contributed by atoms with Gasteiger partial charge in [0.15, 0.2) is 0 Å². The van der Waals surface area contributed by atoms with Crippen LogP contribution < -0.4 is 0 Å². The molecule has 16 heavy (non-hydrogen) atoms. The summed E-state index contributed by atoms with van der Waals surface area (Å²) >= 11 is 0. The Bertz CT molecular complexity index is 253. The van der Waals surface area contributed by atoms with Crippen LogP contribution in [0.2, 0.25) is 0 Å². The minimum atomic E-state index is 0.333. The molecule has 0 aromatic carbocycles. The van der Waals surface area contributed by atoms with E-state index >= 15 is 0 Å². The first kappa shape index (κ1) is 15.3. The highest BCUT2D eigenvalue weighted by atomic mass is 16.5. The molecule has 0 saturated heterocycles. The van der Waals surface area contributed by atoms with Gasteiger partial charge in [0.05, 0.1) is 11.5 Å². The maximum Gasteiger partial charge on any atom is 0.0964 e. The molecule has 0 unspecified atom stereocenters. The average Bonchev–Trinajstić information content (AvgIpc) is 1.95. The lowest BCUT2D eigenvalue weighted by atomic mass is 9.74. The second-order valence-electron chi connectivity index (χ2n) is 6.74. The van der Waals surface area contributed by atoms with Crippen molar-refractivity contribution < 1.29 is 4.74 Å². The van der Waals surface area contributed by atoms with Gasteiger partial charge < -0.3 is 4.74 Å². The Kier molecular flexibility index (Phi) is 5.31. The number of ether oxygens (including phenoxy) is 1. The van der Waals surface area contributed by atoms with Gasteiger partial charge >= 0.3 is 0 Å². The summed E-state index contributed by atoms with van der Waals surface area (Å²) in [7, 11) is 0. The predicted octanol–water partition coefficient (Wildman–Crippen LogP) is 5.29. The summed E-state index contributed by atoms with van der Waals surface area (Å²) < 4.78 is 5.39. The lowest BCUT2D eigenvalue weighted by Crippen LogP contribution is -2.20. The summed E-state index contributed by atoms with van der Waals surface area (Å²) in [6, 6.07) is 0. The standard InChI is InChI=1S/C15H28O/c1-12(2)16-13(3)9-10-15(7,8)11-14(4,5)6/h1,3,9-11H2,2,4-8H3. The van der Waals surface area contributed by atoms with E-state index in [4.69, 9.17) is 4.74 Å². The smallest absolute Gasteiger partial charge is 0.0964 e. The molecule has 0 rings (SSSR count). The van der Waals surface area contributed by atoms with Gasteiger partial charge in [-0.15, -0.1) is 0 Å². The Hall–Kier alpha value is -0.720. The highest BCUT2D eigenvalue weighted by Gasteiger charge is 2.25. The van der Waals surface area contributed by atoms with Crippen molar-refractivity contribution in [2.45, 2.75) is 60.8 Å². The summed E-state index contributed by atoms with van der Waals surface area (Å²) in [5.74, 6) is 1.55. The topological polar surface area (TPSA) is 9.23 Å². The highest BCUT2D eigenvalue weighted by Crippen LogP contribution is 2.37. The summed E-state index contributed by atoms with van der Waals surface area (Å²) in [5.41, 5.74) is 0.708. The van der Waals surface area contributed by atoms with Crippen LogP contribution in [0.5, 0.6) is 0 Å². The lowest BCUT2D eigenvalue weighted by Gasteiger charge is -2.32. The zero-order valence-corrected chi connectivity index (χ0v) is 11.9. The number of allylic oxidation sites excluding steroid dienone is 2. The molecule has 0 saturated carbocycles. The van der Waals surface area contributed by atoms with Crippen LogP contribution in [-0.2, 0) is 4.74 Å². The zero-order valence-electron chi connectivity index (χ0n) is 11.9. The predicted molar refractivity (Wildman–Crippen MR) is 72.1 cm³/mol. The van der Waals surface area contributed by atoms with Gasteiger partial charge in [0, 0.05) is 6.42 Å². The molecule has 0 aliphatic carbocycles. The van der Waals surface area contributed by atoms with Crippen molar-refractivity contribution in [3.8, 4) is 0 Å². The van der Waals surface area contributed by atoms with E-state index in [9.17, 15) is 0 Å². The van der Waals surface area contributed by atoms with E-state index in [0.29, 0.717) is 10.8 Å². The first-order valence-electron chi connectivity index (χ1n) is 6.03. The van der Waals surface area contributed by atoms with Gasteiger partial charge in [0.1, 0.15) is 0 Å². The molecule has 0 aliphatic rings. The van der Waals surface area contributed by atoms with Crippen LogP contribution in [0.1, 0.15) is 60.8 Å². The van der Waals surface area contributed by atoms with Crippen LogP contribution in [-0.4, -0.2) is 0 Å². The van der Waals surface area contributed by atoms with E-state index in [-0.39, 0.29) is 0 Å². The quantitative estimate of drug-likeness (QED) is 0.557. The van der Waals surface area contributed by atoms with Gasteiger partial charge in [-0.3, -0.25) is 0 Å². The Morgan fingerprint density at radius 1 is 1.06 bits per heavy atom. The highest BCUT2D eigenvalue weighted by molar-refractivity contribution is 4.92. The Labute approximate surface area is 102 Å². The molecular weight excluding hydrogens is 196 g/mol. The van der Waals surface area contributed by atoms with E-state index in [1.165, 1.54) is 6.42 Å². The van der Waals surface area contributed by atoms with Crippen molar-refractivity contribution in [3.05, 3.63) is 24.7 Å². The van der Waals surface area contributed by atoms with Crippen LogP contribution in [0.15, 0.2) is 24.7 Å². The summed E-state index contributed by atoms with van der Waals surface area (Å²) in [5, 5.41) is 0. The molecule has 94 valence electrons. The van der Waals surface area contributed by atoms with Crippen molar-refractivity contribution in [3.63, 3.8) is 0 Å². The molecule has 1 nitrogen and oxygen atoms in total. The second kappa shape index (κ2) is 5.56. The van der Waals surface area contributed by atoms with Crippen LogP contribution >= 0.6 is 0 Å². The Morgan fingerprint density at radius 2 is 1.56 bits per heavy atom. The lowest BCUT2D eigenvalue weighted by molar-refractivity contribution is 0.187. The van der Waals surface area contributed by atoms with Crippen molar-refractivity contribution in [2.75, 3.05) is 0 Å². The van der Waals surface area contributed by atoms with Crippen molar-refractivity contribution in [2.24, 2.45) is 10.8 Å². The molecule has 0 spiro atoms. The van der Waals surface area contributed by atoms with E-state index in [1.807, 2.05) is 6.92 Å². The number of hydrogen-bond donors (Lipinski definition) is 0. The van der Waals surface area contributed by atoms with E-state index in [2.05, 4.69) is 47.8 Å². The fourth-order valence-electron chi connectivity index (χ4n) is 2.30. The molecule has 0 aliphatic heterocycles. The van der Waals surface area contributed by atoms with Gasteiger partial charge in [-0.05, 0) is 30.6 Å². The van der Waals surface area contributed by atoms with Crippen molar-refractivity contribution in [1.29, 1.82) is 0 Å². The molecular formula is C15H28O. The summed E-state index contributed by atoms with van der Waals surface area (Å²) in [6.45, 7) is 21.0. The van der Waals surface area contributed by atoms with Crippen LogP contribution in [0.25, 0.3) is 0 Å². The number of hydrogen-bond acceptors (Lipinski definition) is 1. The molecule has 0 amide bonds. The van der Waals surface area contributed by atoms with E-state index in [1.54, 1.807) is 0 Å². The molecule has 0 bridgehead atoms. The van der Waals surface area contributed by atoms with Gasteiger partial charge in [-0.1, -0.05) is 47.8 Å². The maximum atomic E-state index is 5.39. The largest absolute Gasteiger partial charge is 0.468 e. The fraction of sp³-hybridized carbons (Fsp3) is 0.733. The van der Waals surface area contributed by atoms with Gasteiger partial charge in [0.2, 0.25) is 0 Å². The van der Waals surface area contributed by atoms with Gasteiger partial charge in [0.25, 0.3) is 0 Å². The maximum absolute atomic E-state index is 5.39. The summed E-state index contributed by atoms with van der Waals surface area (Å²) in [4.78, 5) is 0. The number of rotatable bonds is 6. The monoisotopic (exact) mass is 224 g/mol. The van der Waals surface area contributed by atoms with Crippen molar-refractivity contribution in [1.82, 2.24) is 0 Å². The minimum absolute atomic E-state index is 0.333. The molecule has 0 atom stereocenters. The second-order valence-corrected chi connectivity index (χ2v) is 6.74. The normalized spacial score (nSPS) is 12.4. The molecule has 0 aromatic heterocycles. The summed E-state index contributed by atoms with van der Waals surface area (Å²) in [6.07, 6.45) is 3.23. The third kappa shape index (κ3) is 8.58. The van der Waals surface area contributed by atoms with Crippen LogP contribution in [0.4, 0.5) is 0 Å². The van der Waals surface area contributed by atoms with E-state index < -0.39 is 0 Å². The SMILES string of the molecule is C=C(C)OC(=C)CCC(C)(C)CC(C)(C)C. The third-order valence-corrected chi connectivity index (χ3v) is 2.41. The minimum Gasteiger partial charge on any atom is -0.468 e. The molecule has 0 aromatic rings. The molecule has 0 N–H and O–H groups in total. The molecule has 0 heterocycles. The Morgan fingerprint density at radius 3 is 1.94 bits per heavy atom. The van der Waals surface area contributed by atoms with Crippen LogP contribution in [0.3, 0.4) is 0 Å². The molecule has 1 heteroatoms. The van der Waals surface area contributed by atoms with E-state index in [0.717, 1.165) is 24.4 Å². The zero-order chi connectivity index (χ0) is 13.0. The first-order valence-corrected chi connectivity index (χ1v) is 6.03. The third-order valence-electron chi connectivity index (χ3n) is 2.41. The Balaban J connectivity index is 4.08. The van der Waals surface area contributed by atoms with Gasteiger partial charge in [-0.25, -0.2) is 0 Å². The van der Waals surface area contributed by atoms with Crippen molar-refractivity contribution >= 4 is 0 Å². The first-order chi connectivity index (χ1) is 7.02. The average molecular weight is 224 g/mol.